The summed E-state index contributed by atoms with van der Waals surface area (Å²) in [4.78, 5) is 9.17. The van der Waals surface area contributed by atoms with Gasteiger partial charge in [-0.2, -0.15) is 11.8 Å². The quantitative estimate of drug-likeness (QED) is 0.896. The average molecular weight is 354 g/mol. The molecule has 1 N–H and O–H groups in total. The summed E-state index contributed by atoms with van der Waals surface area (Å²) in [6, 6.07) is 4.56. The Bertz CT molecular complexity index is 663. The maximum absolute atomic E-state index is 13.5. The predicted molar refractivity (Wildman–Crippen MR) is 84.3 cm³/mol. The van der Waals surface area contributed by atoms with Crippen molar-refractivity contribution in [1.29, 1.82) is 0 Å². The van der Waals surface area contributed by atoms with E-state index in [2.05, 4.69) is 31.2 Å². The van der Waals surface area contributed by atoms with Crippen molar-refractivity contribution in [1.82, 2.24) is 9.97 Å². The lowest BCUT2D eigenvalue weighted by molar-refractivity contribution is 0.628. The van der Waals surface area contributed by atoms with Crippen LogP contribution in [0.25, 0.3) is 11.4 Å². The summed E-state index contributed by atoms with van der Waals surface area (Å²) in [5.41, 5.74) is 2.91. The third kappa shape index (κ3) is 2.54. The molecule has 0 fully saturated rings. The van der Waals surface area contributed by atoms with Crippen LogP contribution in [-0.4, -0.2) is 16.5 Å². The Balaban J connectivity index is 2.14. The van der Waals surface area contributed by atoms with Crippen molar-refractivity contribution in [2.24, 2.45) is 0 Å². The van der Waals surface area contributed by atoms with Gasteiger partial charge in [-0.15, -0.1) is 0 Å². The summed E-state index contributed by atoms with van der Waals surface area (Å²) >= 11 is 5.26. The molecule has 1 aliphatic rings. The van der Waals surface area contributed by atoms with Gasteiger partial charge in [-0.1, -0.05) is 15.9 Å². The molecular weight excluding hydrogens is 341 g/mol. The van der Waals surface area contributed by atoms with Gasteiger partial charge in [0.15, 0.2) is 5.82 Å². The molecule has 104 valence electrons. The molecule has 0 bridgehead atoms. The lowest BCUT2D eigenvalue weighted by Gasteiger charge is -2.11. The van der Waals surface area contributed by atoms with Gasteiger partial charge in [-0.25, -0.2) is 14.4 Å². The Labute approximate surface area is 129 Å². The maximum Gasteiger partial charge on any atom is 0.163 e. The molecule has 0 atom stereocenters. The Hall–Kier alpha value is -1.14. The van der Waals surface area contributed by atoms with Crippen molar-refractivity contribution >= 4 is 33.5 Å². The van der Waals surface area contributed by atoms with E-state index in [0.717, 1.165) is 34.0 Å². The van der Waals surface area contributed by atoms with E-state index >= 15 is 0 Å². The molecule has 1 aromatic heterocycles. The summed E-state index contributed by atoms with van der Waals surface area (Å²) in [5.74, 6) is 2.97. The highest BCUT2D eigenvalue weighted by Crippen LogP contribution is 2.35. The normalized spacial score (nSPS) is 13.3. The SMILES string of the molecule is CCNc1nc(-c2cc(F)ccc2Br)nc2c1CSC2. The van der Waals surface area contributed by atoms with Crippen molar-refractivity contribution in [3.8, 4) is 11.4 Å². The van der Waals surface area contributed by atoms with Gasteiger partial charge in [0, 0.05) is 33.7 Å². The lowest BCUT2D eigenvalue weighted by atomic mass is 10.2. The Morgan fingerprint density at radius 3 is 3.00 bits per heavy atom. The highest BCUT2D eigenvalue weighted by molar-refractivity contribution is 9.10. The van der Waals surface area contributed by atoms with Gasteiger partial charge in [0.25, 0.3) is 0 Å². The minimum Gasteiger partial charge on any atom is -0.370 e. The van der Waals surface area contributed by atoms with E-state index in [9.17, 15) is 4.39 Å². The van der Waals surface area contributed by atoms with Crippen LogP contribution in [0.2, 0.25) is 0 Å². The van der Waals surface area contributed by atoms with Crippen LogP contribution in [0.4, 0.5) is 10.2 Å². The predicted octanol–water partition coefficient (Wildman–Crippen LogP) is 4.22. The van der Waals surface area contributed by atoms with Gasteiger partial charge in [0.05, 0.1) is 5.69 Å². The van der Waals surface area contributed by atoms with Crippen molar-refractivity contribution in [2.75, 3.05) is 11.9 Å². The van der Waals surface area contributed by atoms with E-state index in [0.29, 0.717) is 11.4 Å². The van der Waals surface area contributed by atoms with Gasteiger partial charge in [-0.05, 0) is 25.1 Å². The zero-order valence-corrected chi connectivity index (χ0v) is 13.3. The molecule has 6 heteroatoms. The lowest BCUT2D eigenvalue weighted by Crippen LogP contribution is -2.07. The largest absolute Gasteiger partial charge is 0.370 e. The van der Waals surface area contributed by atoms with Crippen LogP contribution in [0.1, 0.15) is 18.2 Å². The molecule has 0 radical (unpaired) electrons. The molecule has 2 aromatic rings. The Kier molecular flexibility index (Phi) is 3.94. The number of benzene rings is 1. The molecule has 0 unspecified atom stereocenters. The van der Waals surface area contributed by atoms with E-state index in [1.165, 1.54) is 17.7 Å². The number of halogens is 2. The molecule has 2 heterocycles. The number of hydrogen-bond donors (Lipinski definition) is 1. The third-order valence-electron chi connectivity index (χ3n) is 3.09. The molecule has 1 aromatic carbocycles. The highest BCUT2D eigenvalue weighted by atomic mass is 79.9. The molecule has 0 aliphatic carbocycles. The van der Waals surface area contributed by atoms with Gasteiger partial charge >= 0.3 is 0 Å². The van der Waals surface area contributed by atoms with Crippen molar-refractivity contribution in [3.05, 3.63) is 39.7 Å². The first kappa shape index (κ1) is 13.8. The molecule has 0 spiro atoms. The molecule has 20 heavy (non-hydrogen) atoms. The number of rotatable bonds is 3. The number of aromatic nitrogens is 2. The van der Waals surface area contributed by atoms with Crippen LogP contribution < -0.4 is 5.32 Å². The molecular formula is C14H13BrFN3S. The van der Waals surface area contributed by atoms with E-state index in [1.54, 1.807) is 6.07 Å². The van der Waals surface area contributed by atoms with Crippen molar-refractivity contribution in [2.45, 2.75) is 18.4 Å². The fraction of sp³-hybridized carbons (Fsp3) is 0.286. The number of nitrogens with one attached hydrogen (secondary N) is 1. The second-order valence-electron chi connectivity index (χ2n) is 4.47. The van der Waals surface area contributed by atoms with Gasteiger partial charge in [0.1, 0.15) is 11.6 Å². The smallest absolute Gasteiger partial charge is 0.163 e. The molecule has 0 saturated heterocycles. The molecule has 0 saturated carbocycles. The summed E-state index contributed by atoms with van der Waals surface area (Å²) in [5, 5.41) is 3.28. The van der Waals surface area contributed by atoms with Crippen molar-refractivity contribution < 1.29 is 4.39 Å². The topological polar surface area (TPSA) is 37.8 Å². The van der Waals surface area contributed by atoms with Gasteiger partial charge in [0.2, 0.25) is 0 Å². The van der Waals surface area contributed by atoms with E-state index < -0.39 is 0 Å². The first-order valence-electron chi connectivity index (χ1n) is 6.36. The number of nitrogens with zero attached hydrogens (tertiary/aromatic N) is 2. The van der Waals surface area contributed by atoms with Crippen LogP contribution in [0, 0.1) is 5.82 Å². The molecule has 0 amide bonds. The molecule has 1 aliphatic heterocycles. The fourth-order valence-electron chi connectivity index (χ4n) is 2.15. The average Bonchev–Trinajstić information content (AvgIpc) is 2.90. The second-order valence-corrected chi connectivity index (χ2v) is 6.31. The van der Waals surface area contributed by atoms with E-state index in [1.807, 2.05) is 18.7 Å². The van der Waals surface area contributed by atoms with E-state index in [4.69, 9.17) is 0 Å². The first-order valence-corrected chi connectivity index (χ1v) is 8.30. The summed E-state index contributed by atoms with van der Waals surface area (Å²) in [7, 11) is 0. The maximum atomic E-state index is 13.5. The second kappa shape index (κ2) is 5.69. The zero-order valence-electron chi connectivity index (χ0n) is 10.9. The van der Waals surface area contributed by atoms with Gasteiger partial charge in [-0.3, -0.25) is 0 Å². The monoisotopic (exact) mass is 353 g/mol. The standard InChI is InChI=1S/C14H13BrFN3S/c1-2-17-13-10-6-20-7-12(10)18-14(19-13)9-5-8(16)3-4-11(9)15/h3-5H,2,6-7H2,1H3,(H,17,18,19). The first-order chi connectivity index (χ1) is 9.69. The number of hydrogen-bond acceptors (Lipinski definition) is 4. The minimum absolute atomic E-state index is 0.285. The third-order valence-corrected chi connectivity index (χ3v) is 4.75. The van der Waals surface area contributed by atoms with Crippen LogP contribution in [0.5, 0.6) is 0 Å². The number of anilines is 1. The molecule has 3 nitrogen and oxygen atoms in total. The van der Waals surface area contributed by atoms with Crippen LogP contribution >= 0.6 is 27.7 Å². The van der Waals surface area contributed by atoms with Crippen LogP contribution in [0.3, 0.4) is 0 Å². The summed E-state index contributed by atoms with van der Waals surface area (Å²) in [6.07, 6.45) is 0. The summed E-state index contributed by atoms with van der Waals surface area (Å²) < 4.78 is 14.3. The Morgan fingerprint density at radius 1 is 1.35 bits per heavy atom. The zero-order chi connectivity index (χ0) is 14.1. The summed E-state index contributed by atoms with van der Waals surface area (Å²) in [6.45, 7) is 2.84. The van der Waals surface area contributed by atoms with E-state index in [-0.39, 0.29) is 5.82 Å². The fourth-order valence-corrected chi connectivity index (χ4v) is 3.62. The minimum atomic E-state index is -0.285. The number of thioether (sulfide) groups is 1. The van der Waals surface area contributed by atoms with Crippen molar-refractivity contribution in [3.63, 3.8) is 0 Å². The van der Waals surface area contributed by atoms with Crippen LogP contribution in [-0.2, 0) is 11.5 Å². The number of fused-ring (bicyclic) bond motifs is 1. The van der Waals surface area contributed by atoms with Gasteiger partial charge < -0.3 is 5.32 Å². The Morgan fingerprint density at radius 2 is 2.20 bits per heavy atom. The molecule has 3 rings (SSSR count). The highest BCUT2D eigenvalue weighted by Gasteiger charge is 2.20. The van der Waals surface area contributed by atoms with Crippen LogP contribution in [0.15, 0.2) is 22.7 Å².